The fraction of sp³-hybridized carbons (Fsp3) is 0.423. The molecule has 6 nitrogen and oxygen atoms in total. The standard InChI is InChI=1S/C26H31N3O3/c1-4-17(2)15-24(30)27-20-13-14-21(16-20)29(3)26(31)19-11-9-18(10-12-19)25-28-22-7-5-6-8-23(22)32-25/h5-12,17,20-21H,4,13-16H2,1-3H3,(H,27,30)/t17?,20-,21-/m1/s1. The van der Waals surface area contributed by atoms with Gasteiger partial charge in [-0.3, -0.25) is 9.59 Å². The number of fused-ring (bicyclic) bond motifs is 1. The molecule has 3 atom stereocenters. The third-order valence-corrected chi connectivity index (χ3v) is 6.54. The highest BCUT2D eigenvalue weighted by molar-refractivity contribution is 5.94. The van der Waals surface area contributed by atoms with Gasteiger partial charge in [0, 0.05) is 36.7 Å². The molecule has 3 aromatic rings. The molecule has 0 bridgehead atoms. The van der Waals surface area contributed by atoms with Gasteiger partial charge < -0.3 is 14.6 Å². The molecule has 1 heterocycles. The van der Waals surface area contributed by atoms with Crippen molar-refractivity contribution in [3.8, 4) is 11.5 Å². The Hall–Kier alpha value is -3.15. The Morgan fingerprint density at radius 2 is 1.91 bits per heavy atom. The summed E-state index contributed by atoms with van der Waals surface area (Å²) in [6, 6.07) is 15.3. The minimum atomic E-state index is -0.00861. The number of rotatable bonds is 7. The first-order valence-corrected chi connectivity index (χ1v) is 11.5. The highest BCUT2D eigenvalue weighted by Gasteiger charge is 2.31. The van der Waals surface area contributed by atoms with Crippen LogP contribution in [-0.4, -0.2) is 40.8 Å². The van der Waals surface area contributed by atoms with Gasteiger partial charge in [-0.1, -0.05) is 32.4 Å². The average Bonchev–Trinajstić information content (AvgIpc) is 3.45. The fourth-order valence-electron chi connectivity index (χ4n) is 4.31. The van der Waals surface area contributed by atoms with E-state index in [0.717, 1.165) is 42.3 Å². The van der Waals surface area contributed by atoms with Crippen LogP contribution in [-0.2, 0) is 4.79 Å². The monoisotopic (exact) mass is 433 g/mol. The number of nitrogens with zero attached hydrogens (tertiary/aromatic N) is 2. The largest absolute Gasteiger partial charge is 0.436 e. The van der Waals surface area contributed by atoms with Crippen molar-refractivity contribution < 1.29 is 14.0 Å². The zero-order valence-corrected chi connectivity index (χ0v) is 19.0. The minimum Gasteiger partial charge on any atom is -0.436 e. The molecular formula is C26H31N3O3. The fourth-order valence-corrected chi connectivity index (χ4v) is 4.31. The van der Waals surface area contributed by atoms with Crippen LogP contribution in [0.25, 0.3) is 22.6 Å². The van der Waals surface area contributed by atoms with Gasteiger partial charge >= 0.3 is 0 Å². The maximum absolute atomic E-state index is 13.0. The second-order valence-electron chi connectivity index (χ2n) is 8.93. The first-order chi connectivity index (χ1) is 15.4. The number of oxazole rings is 1. The highest BCUT2D eigenvalue weighted by Crippen LogP contribution is 2.27. The zero-order valence-electron chi connectivity index (χ0n) is 19.0. The van der Waals surface area contributed by atoms with Crippen LogP contribution in [0.2, 0.25) is 0 Å². The van der Waals surface area contributed by atoms with Gasteiger partial charge in [-0.15, -0.1) is 0 Å². The van der Waals surface area contributed by atoms with E-state index in [2.05, 4.69) is 24.1 Å². The third kappa shape index (κ3) is 4.85. The predicted octanol–water partition coefficient (Wildman–Crippen LogP) is 5.04. The van der Waals surface area contributed by atoms with Gasteiger partial charge in [0.15, 0.2) is 5.58 Å². The number of aromatic nitrogens is 1. The summed E-state index contributed by atoms with van der Waals surface area (Å²) >= 11 is 0. The Morgan fingerprint density at radius 3 is 2.62 bits per heavy atom. The van der Waals surface area contributed by atoms with Crippen LogP contribution in [0, 0.1) is 5.92 Å². The molecule has 1 aromatic heterocycles. The lowest BCUT2D eigenvalue weighted by molar-refractivity contribution is -0.122. The van der Waals surface area contributed by atoms with Gasteiger partial charge in [-0.2, -0.15) is 0 Å². The normalized spacial score (nSPS) is 19.1. The van der Waals surface area contributed by atoms with Gasteiger partial charge in [0.1, 0.15) is 5.52 Å². The van der Waals surface area contributed by atoms with Crippen molar-refractivity contribution in [2.75, 3.05) is 7.05 Å². The van der Waals surface area contributed by atoms with Crippen LogP contribution < -0.4 is 5.32 Å². The first-order valence-electron chi connectivity index (χ1n) is 11.5. The maximum atomic E-state index is 13.0. The molecule has 2 amide bonds. The number of amides is 2. The number of carbonyl (C=O) groups excluding carboxylic acids is 2. The summed E-state index contributed by atoms with van der Waals surface area (Å²) < 4.78 is 5.82. The Bertz CT molecular complexity index is 1060. The lowest BCUT2D eigenvalue weighted by Gasteiger charge is -2.25. The van der Waals surface area contributed by atoms with Crippen LogP contribution in [0.1, 0.15) is 56.3 Å². The molecule has 4 rings (SSSR count). The number of nitrogens with one attached hydrogen (secondary N) is 1. The van der Waals surface area contributed by atoms with Gasteiger partial charge in [0.2, 0.25) is 11.8 Å². The number of para-hydroxylation sites is 2. The number of carbonyl (C=O) groups is 2. The lowest BCUT2D eigenvalue weighted by Crippen LogP contribution is -2.38. The van der Waals surface area contributed by atoms with Crippen molar-refractivity contribution in [3.05, 3.63) is 54.1 Å². The average molecular weight is 434 g/mol. The lowest BCUT2D eigenvalue weighted by atomic mass is 10.0. The van der Waals surface area contributed by atoms with E-state index < -0.39 is 0 Å². The summed E-state index contributed by atoms with van der Waals surface area (Å²) in [5.74, 6) is 1.05. The van der Waals surface area contributed by atoms with Gasteiger partial charge in [0.25, 0.3) is 5.91 Å². The van der Waals surface area contributed by atoms with Crippen molar-refractivity contribution in [2.24, 2.45) is 5.92 Å². The van der Waals surface area contributed by atoms with E-state index in [1.807, 2.05) is 60.5 Å². The van der Waals surface area contributed by atoms with Crippen molar-refractivity contribution in [3.63, 3.8) is 0 Å². The molecular weight excluding hydrogens is 402 g/mol. The van der Waals surface area contributed by atoms with Gasteiger partial charge in [0.05, 0.1) is 0 Å². The van der Waals surface area contributed by atoms with Crippen LogP contribution in [0.5, 0.6) is 0 Å². The third-order valence-electron chi connectivity index (χ3n) is 6.54. The van der Waals surface area contributed by atoms with E-state index in [4.69, 9.17) is 4.42 Å². The molecule has 1 unspecified atom stereocenters. The van der Waals surface area contributed by atoms with Crippen LogP contribution in [0.15, 0.2) is 52.9 Å². The predicted molar refractivity (Wildman–Crippen MR) is 125 cm³/mol. The second-order valence-corrected chi connectivity index (χ2v) is 8.93. The Kier molecular flexibility index (Phi) is 6.58. The second kappa shape index (κ2) is 9.55. The van der Waals surface area contributed by atoms with E-state index in [0.29, 0.717) is 23.8 Å². The molecule has 0 saturated heterocycles. The topological polar surface area (TPSA) is 75.4 Å². The minimum absolute atomic E-state index is 0.00861. The summed E-state index contributed by atoms with van der Waals surface area (Å²) in [6.07, 6.45) is 4.18. The highest BCUT2D eigenvalue weighted by atomic mass is 16.3. The molecule has 0 radical (unpaired) electrons. The van der Waals surface area contributed by atoms with E-state index in [-0.39, 0.29) is 23.9 Å². The quantitative estimate of drug-likeness (QED) is 0.566. The Morgan fingerprint density at radius 1 is 1.16 bits per heavy atom. The van der Waals surface area contributed by atoms with Crippen molar-refractivity contribution in [1.29, 1.82) is 0 Å². The number of hydrogen-bond donors (Lipinski definition) is 1. The van der Waals surface area contributed by atoms with E-state index in [1.165, 1.54) is 0 Å². The van der Waals surface area contributed by atoms with Gasteiger partial charge in [-0.25, -0.2) is 4.98 Å². The summed E-state index contributed by atoms with van der Waals surface area (Å²) in [5.41, 5.74) is 3.03. The van der Waals surface area contributed by atoms with Crippen LogP contribution in [0.4, 0.5) is 0 Å². The van der Waals surface area contributed by atoms with E-state index >= 15 is 0 Å². The first kappa shape index (κ1) is 22.1. The van der Waals surface area contributed by atoms with Crippen LogP contribution >= 0.6 is 0 Å². The van der Waals surface area contributed by atoms with Crippen molar-refractivity contribution >= 4 is 22.9 Å². The summed E-state index contributed by atoms with van der Waals surface area (Å²) in [6.45, 7) is 4.20. The molecule has 0 spiro atoms. The Balaban J connectivity index is 1.36. The van der Waals surface area contributed by atoms with Gasteiger partial charge in [-0.05, 0) is 61.6 Å². The molecule has 1 saturated carbocycles. The maximum Gasteiger partial charge on any atom is 0.253 e. The van der Waals surface area contributed by atoms with Crippen LogP contribution in [0.3, 0.4) is 0 Å². The molecule has 1 fully saturated rings. The Labute approximate surface area is 189 Å². The summed E-state index contributed by atoms with van der Waals surface area (Å²) in [5, 5.41) is 3.15. The molecule has 1 N–H and O–H groups in total. The number of benzene rings is 2. The van der Waals surface area contributed by atoms with Crippen molar-refractivity contribution in [1.82, 2.24) is 15.2 Å². The van der Waals surface area contributed by atoms with E-state index in [1.54, 1.807) is 0 Å². The molecule has 0 aliphatic heterocycles. The van der Waals surface area contributed by atoms with Crippen molar-refractivity contribution in [2.45, 2.75) is 58.0 Å². The van der Waals surface area contributed by atoms with E-state index in [9.17, 15) is 9.59 Å². The summed E-state index contributed by atoms with van der Waals surface area (Å²) in [7, 11) is 1.85. The smallest absolute Gasteiger partial charge is 0.253 e. The molecule has 1 aliphatic rings. The molecule has 32 heavy (non-hydrogen) atoms. The number of hydrogen-bond acceptors (Lipinski definition) is 4. The zero-order chi connectivity index (χ0) is 22.7. The summed E-state index contributed by atoms with van der Waals surface area (Å²) in [4.78, 5) is 31.6. The molecule has 168 valence electrons. The molecule has 2 aromatic carbocycles. The molecule has 1 aliphatic carbocycles. The SMILES string of the molecule is CCC(C)CC(=O)N[C@@H]1CC[C@@H](N(C)C(=O)c2ccc(-c3nc4ccccc4o3)cc2)C1. The molecule has 6 heteroatoms.